The van der Waals surface area contributed by atoms with Gasteiger partial charge in [-0.15, -0.1) is 0 Å². The number of fused-ring (bicyclic) bond motifs is 3. The Kier molecular flexibility index (Phi) is 5.66. The van der Waals surface area contributed by atoms with Gasteiger partial charge in [-0.25, -0.2) is 0 Å². The van der Waals surface area contributed by atoms with Crippen LogP contribution in [0.2, 0.25) is 0 Å². The lowest BCUT2D eigenvalue weighted by atomic mass is 9.99. The summed E-state index contributed by atoms with van der Waals surface area (Å²) in [4.78, 5) is 0. The Morgan fingerprint density at radius 2 is 1.46 bits per heavy atom. The standard InChI is InChI=1S/C26H28O2/c1-2-3-4-15-28-24-12-14-26-22(18-24)17-21-16-20(9-13-25(21)26)6-5-19-7-10-23(27)11-8-19/h7-14,16,18,27H,2-6,15,17H2,1H3. The number of phenolic OH excluding ortho intramolecular Hbond substituents is 1. The second kappa shape index (κ2) is 8.52. The van der Waals surface area contributed by atoms with Crippen LogP contribution in [0.1, 0.15) is 48.4 Å². The largest absolute Gasteiger partial charge is 0.508 e. The zero-order chi connectivity index (χ0) is 19.3. The zero-order valence-electron chi connectivity index (χ0n) is 16.6. The van der Waals surface area contributed by atoms with Gasteiger partial charge in [0.05, 0.1) is 6.61 Å². The van der Waals surface area contributed by atoms with E-state index in [0.29, 0.717) is 5.75 Å². The molecular weight excluding hydrogens is 344 g/mol. The van der Waals surface area contributed by atoms with Crippen molar-refractivity contribution in [2.24, 2.45) is 0 Å². The lowest BCUT2D eigenvalue weighted by molar-refractivity contribution is 0.306. The maximum Gasteiger partial charge on any atom is 0.119 e. The molecule has 0 radical (unpaired) electrons. The van der Waals surface area contributed by atoms with E-state index in [0.717, 1.165) is 38.0 Å². The van der Waals surface area contributed by atoms with Crippen molar-refractivity contribution in [1.29, 1.82) is 0 Å². The predicted octanol–water partition coefficient (Wildman–Crippen LogP) is 6.32. The van der Waals surface area contributed by atoms with E-state index in [4.69, 9.17) is 4.74 Å². The molecule has 0 bridgehead atoms. The third-order valence-electron chi connectivity index (χ3n) is 5.57. The minimum absolute atomic E-state index is 0.327. The highest BCUT2D eigenvalue weighted by Gasteiger charge is 2.19. The SMILES string of the molecule is CCCCCOc1ccc2c(c1)Cc1cc(CCc3ccc(O)cc3)ccc1-2. The van der Waals surface area contributed by atoms with Gasteiger partial charge in [-0.1, -0.05) is 56.2 Å². The summed E-state index contributed by atoms with van der Waals surface area (Å²) in [7, 11) is 0. The van der Waals surface area contributed by atoms with Crippen molar-refractivity contribution in [2.75, 3.05) is 6.61 Å². The molecule has 4 rings (SSSR count). The summed E-state index contributed by atoms with van der Waals surface area (Å²) in [6.07, 6.45) is 6.56. The molecule has 3 aromatic rings. The molecule has 0 spiro atoms. The lowest BCUT2D eigenvalue weighted by Gasteiger charge is -2.08. The Bertz CT molecular complexity index is 941. The summed E-state index contributed by atoms with van der Waals surface area (Å²) >= 11 is 0. The summed E-state index contributed by atoms with van der Waals surface area (Å²) < 4.78 is 5.93. The minimum atomic E-state index is 0.327. The van der Waals surface area contributed by atoms with E-state index in [-0.39, 0.29) is 0 Å². The quantitative estimate of drug-likeness (QED) is 0.367. The van der Waals surface area contributed by atoms with Crippen molar-refractivity contribution in [3.8, 4) is 22.6 Å². The summed E-state index contributed by atoms with van der Waals surface area (Å²) in [5.41, 5.74) is 8.13. The van der Waals surface area contributed by atoms with Crippen LogP contribution in [0.5, 0.6) is 11.5 Å². The maximum absolute atomic E-state index is 9.42. The highest BCUT2D eigenvalue weighted by atomic mass is 16.5. The van der Waals surface area contributed by atoms with Gasteiger partial charge in [0.2, 0.25) is 0 Å². The Labute approximate surface area is 167 Å². The molecule has 0 heterocycles. The van der Waals surface area contributed by atoms with Crippen molar-refractivity contribution >= 4 is 0 Å². The van der Waals surface area contributed by atoms with Gasteiger partial charge in [-0.05, 0) is 83.3 Å². The monoisotopic (exact) mass is 372 g/mol. The van der Waals surface area contributed by atoms with Crippen LogP contribution >= 0.6 is 0 Å². The molecule has 0 aliphatic heterocycles. The van der Waals surface area contributed by atoms with Crippen molar-refractivity contribution in [2.45, 2.75) is 45.4 Å². The number of hydrogen-bond donors (Lipinski definition) is 1. The normalized spacial score (nSPS) is 11.9. The first-order valence-electron chi connectivity index (χ1n) is 10.4. The molecule has 3 aromatic carbocycles. The van der Waals surface area contributed by atoms with Gasteiger partial charge in [0.1, 0.15) is 11.5 Å². The van der Waals surface area contributed by atoms with Crippen molar-refractivity contribution in [3.63, 3.8) is 0 Å². The number of hydrogen-bond acceptors (Lipinski definition) is 2. The van der Waals surface area contributed by atoms with E-state index in [1.165, 1.54) is 46.2 Å². The fourth-order valence-corrected chi connectivity index (χ4v) is 3.98. The van der Waals surface area contributed by atoms with Crippen LogP contribution in [0, 0.1) is 0 Å². The van der Waals surface area contributed by atoms with Crippen LogP contribution in [0.3, 0.4) is 0 Å². The maximum atomic E-state index is 9.42. The van der Waals surface area contributed by atoms with E-state index in [1.807, 2.05) is 12.1 Å². The molecule has 0 amide bonds. The van der Waals surface area contributed by atoms with Gasteiger partial charge >= 0.3 is 0 Å². The second-order valence-corrected chi connectivity index (χ2v) is 7.71. The minimum Gasteiger partial charge on any atom is -0.508 e. The number of benzene rings is 3. The van der Waals surface area contributed by atoms with Gasteiger partial charge in [0.25, 0.3) is 0 Å². The molecule has 1 aliphatic carbocycles. The summed E-state index contributed by atoms with van der Waals surface area (Å²) in [5.74, 6) is 1.32. The Morgan fingerprint density at radius 3 is 2.25 bits per heavy atom. The predicted molar refractivity (Wildman–Crippen MR) is 115 cm³/mol. The van der Waals surface area contributed by atoms with Crippen LogP contribution in [-0.4, -0.2) is 11.7 Å². The number of ether oxygens (including phenoxy) is 1. The molecular formula is C26H28O2. The van der Waals surface area contributed by atoms with Gasteiger partial charge < -0.3 is 9.84 Å². The molecule has 1 N–H and O–H groups in total. The Hall–Kier alpha value is -2.74. The van der Waals surface area contributed by atoms with Crippen molar-refractivity contribution < 1.29 is 9.84 Å². The van der Waals surface area contributed by atoms with Gasteiger partial charge in [-0.2, -0.15) is 0 Å². The number of unbranched alkanes of at least 4 members (excludes halogenated alkanes) is 2. The van der Waals surface area contributed by atoms with Crippen molar-refractivity contribution in [3.05, 3.63) is 82.9 Å². The van der Waals surface area contributed by atoms with Crippen molar-refractivity contribution in [1.82, 2.24) is 0 Å². The second-order valence-electron chi connectivity index (χ2n) is 7.71. The molecule has 144 valence electrons. The highest BCUT2D eigenvalue weighted by molar-refractivity contribution is 5.77. The summed E-state index contributed by atoms with van der Waals surface area (Å²) in [6.45, 7) is 3.02. The number of phenols is 1. The van der Waals surface area contributed by atoms with Gasteiger partial charge in [0, 0.05) is 0 Å². The topological polar surface area (TPSA) is 29.5 Å². The van der Waals surface area contributed by atoms with E-state index >= 15 is 0 Å². The zero-order valence-corrected chi connectivity index (χ0v) is 16.6. The van der Waals surface area contributed by atoms with E-state index in [2.05, 4.69) is 43.3 Å². The first-order valence-corrected chi connectivity index (χ1v) is 10.4. The molecule has 0 saturated carbocycles. The van der Waals surface area contributed by atoms with Crippen LogP contribution in [0.15, 0.2) is 60.7 Å². The molecule has 2 nitrogen and oxygen atoms in total. The highest BCUT2D eigenvalue weighted by Crippen LogP contribution is 2.39. The fraction of sp³-hybridized carbons (Fsp3) is 0.308. The number of aromatic hydroxyl groups is 1. The molecule has 0 atom stereocenters. The van der Waals surface area contributed by atoms with Gasteiger partial charge in [0.15, 0.2) is 0 Å². The third-order valence-corrected chi connectivity index (χ3v) is 5.57. The fourth-order valence-electron chi connectivity index (χ4n) is 3.98. The first kappa shape index (κ1) is 18.6. The van der Waals surface area contributed by atoms with Crippen LogP contribution in [0.25, 0.3) is 11.1 Å². The number of aryl methyl sites for hydroxylation is 2. The smallest absolute Gasteiger partial charge is 0.119 e. The van der Waals surface area contributed by atoms with E-state index < -0.39 is 0 Å². The Balaban J connectivity index is 1.42. The molecule has 1 aliphatic rings. The first-order chi connectivity index (χ1) is 13.7. The summed E-state index contributed by atoms with van der Waals surface area (Å²) in [6, 6.07) is 21.0. The van der Waals surface area contributed by atoms with E-state index in [1.54, 1.807) is 12.1 Å². The lowest BCUT2D eigenvalue weighted by Crippen LogP contribution is -1.97. The summed E-state index contributed by atoms with van der Waals surface area (Å²) in [5, 5.41) is 9.42. The van der Waals surface area contributed by atoms with Crippen LogP contribution in [-0.2, 0) is 19.3 Å². The average Bonchev–Trinajstić information content (AvgIpc) is 3.07. The molecule has 0 aromatic heterocycles. The average molecular weight is 373 g/mol. The van der Waals surface area contributed by atoms with Crippen LogP contribution in [0.4, 0.5) is 0 Å². The molecule has 0 fully saturated rings. The Morgan fingerprint density at radius 1 is 0.786 bits per heavy atom. The molecule has 0 unspecified atom stereocenters. The third kappa shape index (κ3) is 4.22. The van der Waals surface area contributed by atoms with Crippen LogP contribution < -0.4 is 4.74 Å². The number of rotatable bonds is 8. The van der Waals surface area contributed by atoms with E-state index in [9.17, 15) is 5.11 Å². The molecule has 0 saturated heterocycles. The molecule has 28 heavy (non-hydrogen) atoms. The van der Waals surface area contributed by atoms with Gasteiger partial charge in [-0.3, -0.25) is 0 Å². The molecule has 2 heteroatoms.